The number of hydrogen-bond donors (Lipinski definition) is 1. The van der Waals surface area contributed by atoms with Crippen LogP contribution in [0.1, 0.15) is 10.8 Å². The van der Waals surface area contributed by atoms with E-state index in [4.69, 9.17) is 4.74 Å². The van der Waals surface area contributed by atoms with Crippen LogP contribution in [0.4, 0.5) is 0 Å². The third-order valence-corrected chi connectivity index (χ3v) is 5.49. The molecule has 27 heavy (non-hydrogen) atoms. The number of morpholine rings is 1. The molecule has 1 aromatic heterocycles. The molecule has 1 saturated heterocycles. The number of aromatic amines is 1. The van der Waals surface area contributed by atoms with Crippen LogP contribution >= 0.6 is 11.8 Å². The number of ether oxygens (including phenoxy) is 1. The van der Waals surface area contributed by atoms with Crippen molar-refractivity contribution in [2.45, 2.75) is 10.4 Å². The molecule has 0 bridgehead atoms. The molecule has 1 aliphatic rings. The van der Waals surface area contributed by atoms with Crippen molar-refractivity contribution >= 4 is 17.7 Å². The Hall–Kier alpha value is -2.64. The normalized spacial score (nSPS) is 15.5. The second kappa shape index (κ2) is 8.37. The van der Waals surface area contributed by atoms with Crippen LogP contribution in [0.15, 0.2) is 65.8 Å². The molecular weight excluding hydrogens is 360 g/mol. The van der Waals surface area contributed by atoms with Gasteiger partial charge in [-0.25, -0.2) is 4.98 Å². The van der Waals surface area contributed by atoms with Crippen molar-refractivity contribution in [1.29, 1.82) is 0 Å². The quantitative estimate of drug-likeness (QED) is 0.689. The van der Waals surface area contributed by atoms with Gasteiger partial charge in [-0.2, -0.15) is 0 Å². The number of nitrogens with zero attached hydrogens (tertiary/aromatic N) is 3. The third kappa shape index (κ3) is 4.20. The smallest absolute Gasteiger partial charge is 0.240 e. The van der Waals surface area contributed by atoms with Crippen molar-refractivity contribution in [1.82, 2.24) is 20.1 Å². The van der Waals surface area contributed by atoms with E-state index in [2.05, 4.69) is 15.2 Å². The average molecular weight is 380 g/mol. The standard InChI is InChI=1S/C20H20N4O2S/c25-19(24-11-13-26-14-12-24)17(15-7-3-1-4-8-15)27-20-21-18(22-23-20)16-9-5-2-6-10-16/h1-10,17H,11-14H2,(H,21,22,23). The summed E-state index contributed by atoms with van der Waals surface area (Å²) < 4.78 is 5.38. The maximum atomic E-state index is 13.2. The summed E-state index contributed by atoms with van der Waals surface area (Å²) in [5.74, 6) is 0.768. The SMILES string of the molecule is O=C(C(Sc1n[nH]c(-c2ccccc2)n1)c1ccccc1)N1CCOCC1. The Morgan fingerprint density at radius 3 is 2.41 bits per heavy atom. The topological polar surface area (TPSA) is 71.1 Å². The molecule has 6 nitrogen and oxygen atoms in total. The van der Waals surface area contributed by atoms with Crippen molar-refractivity contribution in [3.63, 3.8) is 0 Å². The summed E-state index contributed by atoms with van der Waals surface area (Å²) in [6.45, 7) is 2.39. The summed E-state index contributed by atoms with van der Waals surface area (Å²) in [6, 6.07) is 19.6. The molecule has 0 aliphatic carbocycles. The fourth-order valence-electron chi connectivity index (χ4n) is 2.97. The highest BCUT2D eigenvalue weighted by molar-refractivity contribution is 8.00. The van der Waals surface area contributed by atoms with Crippen LogP contribution in [0.25, 0.3) is 11.4 Å². The molecule has 0 spiro atoms. The minimum Gasteiger partial charge on any atom is -0.378 e. The highest BCUT2D eigenvalue weighted by Gasteiger charge is 2.29. The van der Waals surface area contributed by atoms with E-state index in [1.165, 1.54) is 11.8 Å². The third-order valence-electron chi connectivity index (χ3n) is 4.38. The molecule has 7 heteroatoms. The van der Waals surface area contributed by atoms with Gasteiger partial charge in [0.05, 0.1) is 13.2 Å². The van der Waals surface area contributed by atoms with E-state index in [0.717, 1.165) is 11.1 Å². The second-order valence-corrected chi connectivity index (χ2v) is 7.25. The zero-order valence-corrected chi connectivity index (χ0v) is 15.6. The first-order chi connectivity index (χ1) is 13.3. The first-order valence-corrected chi connectivity index (χ1v) is 9.75. The number of rotatable bonds is 5. The lowest BCUT2D eigenvalue weighted by Gasteiger charge is -2.30. The number of hydrogen-bond acceptors (Lipinski definition) is 5. The number of H-pyrrole nitrogens is 1. The lowest BCUT2D eigenvalue weighted by Crippen LogP contribution is -2.42. The van der Waals surface area contributed by atoms with Gasteiger partial charge in [0.2, 0.25) is 11.1 Å². The minimum absolute atomic E-state index is 0.0700. The van der Waals surface area contributed by atoms with Gasteiger partial charge in [0.25, 0.3) is 0 Å². The Labute approximate surface area is 162 Å². The highest BCUT2D eigenvalue weighted by Crippen LogP contribution is 2.35. The Balaban J connectivity index is 1.58. The van der Waals surface area contributed by atoms with Crippen LogP contribution in [0.5, 0.6) is 0 Å². The van der Waals surface area contributed by atoms with Gasteiger partial charge in [-0.3, -0.25) is 9.89 Å². The monoisotopic (exact) mass is 380 g/mol. The Morgan fingerprint density at radius 1 is 1.04 bits per heavy atom. The molecule has 1 amide bonds. The largest absolute Gasteiger partial charge is 0.378 e. The summed E-state index contributed by atoms with van der Waals surface area (Å²) in [7, 11) is 0. The van der Waals surface area contributed by atoms with Crippen molar-refractivity contribution < 1.29 is 9.53 Å². The summed E-state index contributed by atoms with van der Waals surface area (Å²) in [6.07, 6.45) is 0. The van der Waals surface area contributed by atoms with Crippen LogP contribution in [0.2, 0.25) is 0 Å². The van der Waals surface area contributed by atoms with E-state index < -0.39 is 0 Å². The van der Waals surface area contributed by atoms with Crippen molar-refractivity contribution in [2.24, 2.45) is 0 Å². The van der Waals surface area contributed by atoms with Crippen LogP contribution in [-0.2, 0) is 9.53 Å². The molecule has 0 radical (unpaired) electrons. The number of carbonyl (C=O) groups excluding carboxylic acids is 1. The Kier molecular flexibility index (Phi) is 5.50. The van der Waals surface area contributed by atoms with E-state index in [-0.39, 0.29) is 11.2 Å². The van der Waals surface area contributed by atoms with Gasteiger partial charge < -0.3 is 9.64 Å². The Bertz CT molecular complexity index is 879. The second-order valence-electron chi connectivity index (χ2n) is 6.18. The molecule has 4 rings (SSSR count). The van der Waals surface area contributed by atoms with Gasteiger partial charge in [0, 0.05) is 18.7 Å². The number of carbonyl (C=O) groups is 1. The lowest BCUT2D eigenvalue weighted by molar-refractivity contribution is -0.134. The van der Waals surface area contributed by atoms with Crippen molar-refractivity contribution in [2.75, 3.05) is 26.3 Å². The molecule has 1 N–H and O–H groups in total. The van der Waals surface area contributed by atoms with Gasteiger partial charge >= 0.3 is 0 Å². The van der Waals surface area contributed by atoms with Crippen LogP contribution in [-0.4, -0.2) is 52.3 Å². The number of nitrogens with one attached hydrogen (secondary N) is 1. The maximum absolute atomic E-state index is 13.2. The van der Waals surface area contributed by atoms with Gasteiger partial charge in [-0.15, -0.1) is 5.10 Å². The molecule has 1 atom stereocenters. The van der Waals surface area contributed by atoms with Crippen LogP contribution in [0.3, 0.4) is 0 Å². The molecule has 2 aromatic carbocycles. The number of benzene rings is 2. The predicted octanol–water partition coefficient (Wildman–Crippen LogP) is 3.16. The summed E-state index contributed by atoms with van der Waals surface area (Å²) in [4.78, 5) is 19.6. The molecule has 3 aromatic rings. The first kappa shape index (κ1) is 17.8. The van der Waals surface area contributed by atoms with Crippen molar-refractivity contribution in [3.05, 3.63) is 66.2 Å². The van der Waals surface area contributed by atoms with Gasteiger partial charge in [-0.05, 0) is 5.56 Å². The molecule has 1 aliphatic heterocycles. The average Bonchev–Trinajstić information content (AvgIpc) is 3.22. The van der Waals surface area contributed by atoms with E-state index in [0.29, 0.717) is 37.3 Å². The molecule has 0 saturated carbocycles. The van der Waals surface area contributed by atoms with Crippen molar-refractivity contribution in [3.8, 4) is 11.4 Å². The summed E-state index contributed by atoms with van der Waals surface area (Å²) >= 11 is 1.37. The van der Waals surface area contributed by atoms with E-state index >= 15 is 0 Å². The number of thioether (sulfide) groups is 1. The van der Waals surface area contributed by atoms with Gasteiger partial charge in [0.1, 0.15) is 5.25 Å². The predicted molar refractivity (Wildman–Crippen MR) is 104 cm³/mol. The summed E-state index contributed by atoms with van der Waals surface area (Å²) in [5.41, 5.74) is 1.91. The maximum Gasteiger partial charge on any atom is 0.240 e. The zero-order chi connectivity index (χ0) is 18.5. The highest BCUT2D eigenvalue weighted by atomic mass is 32.2. The van der Waals surface area contributed by atoms with E-state index in [9.17, 15) is 4.79 Å². The molecule has 1 fully saturated rings. The van der Waals surface area contributed by atoms with Gasteiger partial charge in [-0.1, -0.05) is 72.4 Å². The minimum atomic E-state index is -0.385. The zero-order valence-electron chi connectivity index (χ0n) is 14.7. The molecule has 2 heterocycles. The number of amides is 1. The van der Waals surface area contributed by atoms with Crippen LogP contribution < -0.4 is 0 Å². The fourth-order valence-corrected chi connectivity index (χ4v) is 3.96. The lowest BCUT2D eigenvalue weighted by atomic mass is 10.1. The molecule has 1 unspecified atom stereocenters. The molecule has 138 valence electrons. The molecular formula is C20H20N4O2S. The first-order valence-electron chi connectivity index (χ1n) is 8.87. The van der Waals surface area contributed by atoms with Gasteiger partial charge in [0.15, 0.2) is 5.82 Å². The van der Waals surface area contributed by atoms with E-state index in [1.807, 2.05) is 65.6 Å². The van der Waals surface area contributed by atoms with Crippen LogP contribution in [0, 0.1) is 0 Å². The van der Waals surface area contributed by atoms with E-state index in [1.54, 1.807) is 0 Å². The summed E-state index contributed by atoms with van der Waals surface area (Å²) in [5, 5.41) is 7.46. The Morgan fingerprint density at radius 2 is 1.70 bits per heavy atom. The fraction of sp³-hybridized carbons (Fsp3) is 0.250. The number of aromatic nitrogens is 3.